The van der Waals surface area contributed by atoms with E-state index in [1.807, 2.05) is 6.92 Å². The Kier molecular flexibility index (Phi) is 5.91. The number of carbonyl (C=O) groups excluding carboxylic acids is 1. The SMILES string of the molecule is CC(NC(=O)N(C)C(C)CO)c1ccc(Cl)cc1Cl. The van der Waals surface area contributed by atoms with E-state index >= 15 is 0 Å². The van der Waals surface area contributed by atoms with Gasteiger partial charge in [-0.2, -0.15) is 0 Å². The second kappa shape index (κ2) is 6.98. The van der Waals surface area contributed by atoms with Crippen LogP contribution in [-0.2, 0) is 0 Å². The van der Waals surface area contributed by atoms with Gasteiger partial charge in [0.05, 0.1) is 18.7 Å². The average Bonchev–Trinajstić information content (AvgIpc) is 2.36. The first-order chi connectivity index (χ1) is 8.86. The lowest BCUT2D eigenvalue weighted by Gasteiger charge is -2.26. The van der Waals surface area contributed by atoms with Crippen molar-refractivity contribution in [2.24, 2.45) is 0 Å². The van der Waals surface area contributed by atoms with Crippen LogP contribution in [0.2, 0.25) is 10.0 Å². The predicted octanol–water partition coefficient (Wildman–Crippen LogP) is 3.08. The lowest BCUT2D eigenvalue weighted by molar-refractivity contribution is 0.155. The molecule has 2 N–H and O–H groups in total. The second-order valence-electron chi connectivity index (χ2n) is 4.48. The van der Waals surface area contributed by atoms with Gasteiger partial charge in [-0.1, -0.05) is 29.3 Å². The summed E-state index contributed by atoms with van der Waals surface area (Å²) in [4.78, 5) is 13.4. The summed E-state index contributed by atoms with van der Waals surface area (Å²) >= 11 is 11.9. The minimum absolute atomic E-state index is 0.0833. The summed E-state index contributed by atoms with van der Waals surface area (Å²) in [7, 11) is 1.63. The van der Waals surface area contributed by atoms with E-state index in [2.05, 4.69) is 5.32 Å². The monoisotopic (exact) mass is 304 g/mol. The maximum absolute atomic E-state index is 11.9. The number of halogens is 2. The first-order valence-corrected chi connectivity index (χ1v) is 6.71. The molecule has 2 unspecified atom stereocenters. The Morgan fingerprint density at radius 1 is 1.42 bits per heavy atom. The average molecular weight is 305 g/mol. The fourth-order valence-corrected chi connectivity index (χ4v) is 2.11. The molecular formula is C13H18Cl2N2O2. The predicted molar refractivity (Wildman–Crippen MR) is 77.7 cm³/mol. The first kappa shape index (κ1) is 16.1. The second-order valence-corrected chi connectivity index (χ2v) is 5.32. The molecule has 0 radical (unpaired) electrons. The molecule has 0 saturated heterocycles. The molecule has 0 bridgehead atoms. The first-order valence-electron chi connectivity index (χ1n) is 5.96. The van der Waals surface area contributed by atoms with Crippen molar-refractivity contribution in [3.05, 3.63) is 33.8 Å². The number of aliphatic hydroxyl groups is 1. The number of urea groups is 1. The Hall–Kier alpha value is -0.970. The molecule has 2 atom stereocenters. The summed E-state index contributed by atoms with van der Waals surface area (Å²) in [6.07, 6.45) is 0. The molecule has 106 valence electrons. The fourth-order valence-electron chi connectivity index (χ4n) is 1.54. The van der Waals surface area contributed by atoms with Crippen molar-refractivity contribution in [1.82, 2.24) is 10.2 Å². The van der Waals surface area contributed by atoms with Crippen molar-refractivity contribution in [2.75, 3.05) is 13.7 Å². The molecule has 6 heteroatoms. The zero-order valence-electron chi connectivity index (χ0n) is 11.2. The van der Waals surface area contributed by atoms with Gasteiger partial charge in [-0.15, -0.1) is 0 Å². The molecule has 0 aromatic heterocycles. The van der Waals surface area contributed by atoms with Crippen LogP contribution in [0.1, 0.15) is 25.5 Å². The van der Waals surface area contributed by atoms with Crippen LogP contribution in [0.3, 0.4) is 0 Å². The van der Waals surface area contributed by atoms with Crippen LogP contribution in [0.25, 0.3) is 0 Å². The van der Waals surface area contributed by atoms with E-state index in [-0.39, 0.29) is 24.7 Å². The minimum Gasteiger partial charge on any atom is -0.394 e. The topological polar surface area (TPSA) is 52.6 Å². The van der Waals surface area contributed by atoms with Gasteiger partial charge >= 0.3 is 6.03 Å². The highest BCUT2D eigenvalue weighted by Gasteiger charge is 2.18. The number of rotatable bonds is 4. The Morgan fingerprint density at radius 3 is 2.58 bits per heavy atom. The van der Waals surface area contributed by atoms with Gasteiger partial charge in [0.15, 0.2) is 0 Å². The highest BCUT2D eigenvalue weighted by Crippen LogP contribution is 2.26. The van der Waals surface area contributed by atoms with E-state index in [0.29, 0.717) is 10.0 Å². The van der Waals surface area contributed by atoms with Crippen LogP contribution >= 0.6 is 23.2 Å². The number of nitrogens with one attached hydrogen (secondary N) is 1. The van der Waals surface area contributed by atoms with Gasteiger partial charge in [0.2, 0.25) is 0 Å². The van der Waals surface area contributed by atoms with Gasteiger partial charge in [0.25, 0.3) is 0 Å². The van der Waals surface area contributed by atoms with E-state index in [0.717, 1.165) is 5.56 Å². The quantitative estimate of drug-likeness (QED) is 0.898. The molecule has 0 heterocycles. The number of benzene rings is 1. The molecule has 0 spiro atoms. The number of hydrogen-bond donors (Lipinski definition) is 2. The van der Waals surface area contributed by atoms with Crippen LogP contribution in [0.4, 0.5) is 4.79 Å². The summed E-state index contributed by atoms with van der Waals surface area (Å²) in [5.74, 6) is 0. The Balaban J connectivity index is 2.74. The van der Waals surface area contributed by atoms with Crippen LogP contribution in [0.15, 0.2) is 18.2 Å². The molecule has 4 nitrogen and oxygen atoms in total. The third kappa shape index (κ3) is 4.27. The molecular weight excluding hydrogens is 287 g/mol. The number of amides is 2. The molecule has 0 aliphatic carbocycles. The normalized spacial score (nSPS) is 13.8. The highest BCUT2D eigenvalue weighted by atomic mass is 35.5. The van der Waals surface area contributed by atoms with Crippen LogP contribution in [0.5, 0.6) is 0 Å². The van der Waals surface area contributed by atoms with Crippen molar-refractivity contribution in [3.63, 3.8) is 0 Å². The number of nitrogens with zero attached hydrogens (tertiary/aromatic N) is 1. The molecule has 1 rings (SSSR count). The number of carbonyl (C=O) groups is 1. The minimum atomic E-state index is -0.264. The molecule has 1 aromatic carbocycles. The number of hydrogen-bond acceptors (Lipinski definition) is 2. The van der Waals surface area contributed by atoms with E-state index < -0.39 is 0 Å². The lowest BCUT2D eigenvalue weighted by Crippen LogP contribution is -2.44. The van der Waals surface area contributed by atoms with Gasteiger partial charge in [-0.05, 0) is 31.5 Å². The molecule has 2 amide bonds. The van der Waals surface area contributed by atoms with Crippen LogP contribution in [0, 0.1) is 0 Å². The van der Waals surface area contributed by atoms with Crippen molar-refractivity contribution < 1.29 is 9.90 Å². The zero-order valence-corrected chi connectivity index (χ0v) is 12.7. The molecule has 19 heavy (non-hydrogen) atoms. The molecule has 0 aliphatic rings. The van der Waals surface area contributed by atoms with Gasteiger partial charge in [-0.25, -0.2) is 4.79 Å². The summed E-state index contributed by atoms with van der Waals surface area (Å²) in [5, 5.41) is 12.9. The van der Waals surface area contributed by atoms with E-state index in [9.17, 15) is 4.79 Å². The van der Waals surface area contributed by atoms with Gasteiger partial charge in [0, 0.05) is 17.1 Å². The van der Waals surface area contributed by atoms with E-state index in [4.69, 9.17) is 28.3 Å². The zero-order chi connectivity index (χ0) is 14.6. The highest BCUT2D eigenvalue weighted by molar-refractivity contribution is 6.35. The van der Waals surface area contributed by atoms with Gasteiger partial charge < -0.3 is 15.3 Å². The largest absolute Gasteiger partial charge is 0.394 e. The Morgan fingerprint density at radius 2 is 2.05 bits per heavy atom. The summed E-state index contributed by atoms with van der Waals surface area (Å²) < 4.78 is 0. The summed E-state index contributed by atoms with van der Waals surface area (Å²) in [6, 6.07) is 4.40. The van der Waals surface area contributed by atoms with E-state index in [1.54, 1.807) is 32.2 Å². The van der Waals surface area contributed by atoms with Crippen LogP contribution < -0.4 is 5.32 Å². The van der Waals surface area contributed by atoms with Crippen molar-refractivity contribution in [3.8, 4) is 0 Å². The number of aliphatic hydroxyl groups excluding tert-OH is 1. The molecule has 0 aliphatic heterocycles. The van der Waals surface area contributed by atoms with E-state index in [1.165, 1.54) is 4.90 Å². The maximum Gasteiger partial charge on any atom is 0.317 e. The third-order valence-corrected chi connectivity index (χ3v) is 3.58. The molecule has 0 saturated carbocycles. The molecule has 0 fully saturated rings. The standard InChI is InChI=1S/C13H18Cl2N2O2/c1-8(7-18)17(3)13(19)16-9(2)11-5-4-10(14)6-12(11)15/h4-6,8-9,18H,7H2,1-3H3,(H,16,19). The molecule has 1 aromatic rings. The van der Waals surface area contributed by atoms with Gasteiger partial charge in [-0.3, -0.25) is 0 Å². The lowest BCUT2D eigenvalue weighted by atomic mass is 10.1. The smallest absolute Gasteiger partial charge is 0.317 e. The Labute approximate surface area is 123 Å². The maximum atomic E-state index is 11.9. The Bertz CT molecular complexity index is 454. The van der Waals surface area contributed by atoms with Crippen LogP contribution in [-0.4, -0.2) is 35.7 Å². The van der Waals surface area contributed by atoms with Crippen molar-refractivity contribution >= 4 is 29.2 Å². The van der Waals surface area contributed by atoms with Gasteiger partial charge in [0.1, 0.15) is 0 Å². The van der Waals surface area contributed by atoms with Crippen molar-refractivity contribution in [1.29, 1.82) is 0 Å². The number of likely N-dealkylation sites (N-methyl/N-ethyl adjacent to an activating group) is 1. The fraction of sp³-hybridized carbons (Fsp3) is 0.462. The summed E-state index contributed by atoms with van der Waals surface area (Å²) in [6.45, 7) is 3.52. The van der Waals surface area contributed by atoms with Crippen molar-refractivity contribution in [2.45, 2.75) is 25.9 Å². The summed E-state index contributed by atoms with van der Waals surface area (Å²) in [5.41, 5.74) is 0.796. The third-order valence-electron chi connectivity index (χ3n) is 3.01.